The summed E-state index contributed by atoms with van der Waals surface area (Å²) in [7, 11) is 0. The molecule has 0 saturated heterocycles. The molecule has 4 heteroatoms. The van der Waals surface area contributed by atoms with Crippen molar-refractivity contribution in [1.29, 1.82) is 0 Å². The van der Waals surface area contributed by atoms with Gasteiger partial charge in [0.25, 0.3) is 0 Å². The van der Waals surface area contributed by atoms with Crippen LogP contribution in [0.2, 0.25) is 0 Å². The minimum Gasteiger partial charge on any atom is -0.508 e. The van der Waals surface area contributed by atoms with E-state index in [9.17, 15) is 5.11 Å². The van der Waals surface area contributed by atoms with E-state index < -0.39 is 0 Å². The number of phenolic OH excluding ortho intramolecular Hbond substituents is 1. The Balaban J connectivity index is 2.14. The van der Waals surface area contributed by atoms with Crippen LogP contribution in [0.5, 0.6) is 5.75 Å². The lowest BCUT2D eigenvalue weighted by Crippen LogP contribution is -1.88. The third kappa shape index (κ3) is 1.76. The molecule has 0 radical (unpaired) electrons. The summed E-state index contributed by atoms with van der Waals surface area (Å²) in [5.41, 5.74) is 3.58. The smallest absolute Gasteiger partial charge is 0.182 e. The molecule has 0 aliphatic heterocycles. The lowest BCUT2D eigenvalue weighted by Gasteiger charge is -2.07. The van der Waals surface area contributed by atoms with E-state index in [2.05, 4.69) is 22.3 Å². The highest BCUT2D eigenvalue weighted by molar-refractivity contribution is 6.10. The topological polar surface area (TPSA) is 61.8 Å². The number of aromatic nitrogens is 3. The van der Waals surface area contributed by atoms with Crippen molar-refractivity contribution in [3.63, 3.8) is 0 Å². The van der Waals surface area contributed by atoms with Gasteiger partial charge in [-0.25, -0.2) is 4.98 Å². The molecule has 0 atom stereocenters. The summed E-state index contributed by atoms with van der Waals surface area (Å²) in [6, 6.07) is 15.3. The van der Waals surface area contributed by atoms with Crippen LogP contribution < -0.4 is 0 Å². The molecule has 21 heavy (non-hydrogen) atoms. The Kier molecular flexibility index (Phi) is 2.44. The van der Waals surface area contributed by atoms with Crippen molar-refractivity contribution in [1.82, 2.24) is 15.2 Å². The van der Waals surface area contributed by atoms with Gasteiger partial charge >= 0.3 is 0 Å². The molecule has 0 spiro atoms. The maximum Gasteiger partial charge on any atom is 0.182 e. The van der Waals surface area contributed by atoms with Crippen molar-refractivity contribution in [2.24, 2.45) is 0 Å². The Morgan fingerprint density at radius 1 is 0.952 bits per heavy atom. The van der Waals surface area contributed by atoms with Crippen LogP contribution in [0.4, 0.5) is 0 Å². The number of benzene rings is 2. The van der Waals surface area contributed by atoms with Crippen molar-refractivity contribution in [2.45, 2.75) is 6.92 Å². The number of hydrogen-bond acceptors (Lipinski definition) is 3. The Bertz CT molecular complexity index is 955. The SMILES string of the molecule is Cc1[nH]nc2nc(-c3ccc(O)cc3)c3ccccc3c12. The van der Waals surface area contributed by atoms with E-state index in [1.165, 1.54) is 0 Å². The lowest BCUT2D eigenvalue weighted by molar-refractivity contribution is 0.475. The summed E-state index contributed by atoms with van der Waals surface area (Å²) >= 11 is 0. The molecule has 0 fully saturated rings. The number of hydrogen-bond donors (Lipinski definition) is 2. The zero-order chi connectivity index (χ0) is 14.4. The van der Waals surface area contributed by atoms with Crippen LogP contribution in [0.1, 0.15) is 5.69 Å². The number of nitrogens with one attached hydrogen (secondary N) is 1. The van der Waals surface area contributed by atoms with Crippen LogP contribution in [-0.4, -0.2) is 20.3 Å². The summed E-state index contributed by atoms with van der Waals surface area (Å²) in [6.45, 7) is 2.00. The van der Waals surface area contributed by atoms with Gasteiger partial charge in [0.1, 0.15) is 5.75 Å². The number of pyridine rings is 1. The highest BCUT2D eigenvalue weighted by Crippen LogP contribution is 2.33. The van der Waals surface area contributed by atoms with Gasteiger partial charge in [0.2, 0.25) is 0 Å². The molecule has 2 N–H and O–H groups in total. The molecule has 2 aromatic heterocycles. The van der Waals surface area contributed by atoms with Gasteiger partial charge in [-0.1, -0.05) is 24.3 Å². The molecule has 0 unspecified atom stereocenters. The lowest BCUT2D eigenvalue weighted by atomic mass is 10.0. The quantitative estimate of drug-likeness (QED) is 0.555. The van der Waals surface area contributed by atoms with E-state index in [1.54, 1.807) is 12.1 Å². The van der Waals surface area contributed by atoms with Crippen LogP contribution in [0, 0.1) is 6.92 Å². The third-order valence-electron chi connectivity index (χ3n) is 3.74. The van der Waals surface area contributed by atoms with Gasteiger partial charge in [0.05, 0.1) is 5.69 Å². The maximum absolute atomic E-state index is 9.45. The van der Waals surface area contributed by atoms with Gasteiger partial charge in [-0.15, -0.1) is 0 Å². The van der Waals surface area contributed by atoms with Gasteiger partial charge in [0.15, 0.2) is 5.65 Å². The first-order valence-corrected chi connectivity index (χ1v) is 6.77. The fraction of sp³-hybridized carbons (Fsp3) is 0.0588. The molecule has 0 aliphatic rings. The monoisotopic (exact) mass is 275 g/mol. The fourth-order valence-corrected chi connectivity index (χ4v) is 2.73. The molecular weight excluding hydrogens is 262 g/mol. The Morgan fingerprint density at radius 3 is 2.43 bits per heavy atom. The van der Waals surface area contributed by atoms with Crippen molar-refractivity contribution in [3.05, 3.63) is 54.2 Å². The van der Waals surface area contributed by atoms with Crippen LogP contribution in [0.3, 0.4) is 0 Å². The molecule has 2 aromatic carbocycles. The Labute approximate surface area is 121 Å². The summed E-state index contributed by atoms with van der Waals surface area (Å²) in [4.78, 5) is 4.70. The number of fused-ring (bicyclic) bond motifs is 3. The number of aromatic amines is 1. The molecule has 0 amide bonds. The molecule has 0 bridgehead atoms. The third-order valence-corrected chi connectivity index (χ3v) is 3.74. The molecule has 4 aromatic rings. The number of phenols is 1. The highest BCUT2D eigenvalue weighted by Gasteiger charge is 2.13. The van der Waals surface area contributed by atoms with E-state index in [0.717, 1.165) is 33.1 Å². The zero-order valence-corrected chi connectivity index (χ0v) is 11.5. The zero-order valence-electron chi connectivity index (χ0n) is 11.5. The second-order valence-electron chi connectivity index (χ2n) is 5.10. The standard InChI is InChI=1S/C17H13N3O/c1-10-15-13-4-2-3-5-14(13)16(18-17(15)20-19-10)11-6-8-12(21)9-7-11/h2-9,21H,1H3,(H,18,19,20). The van der Waals surface area contributed by atoms with E-state index in [-0.39, 0.29) is 5.75 Å². The molecular formula is C17H13N3O. The normalized spacial score (nSPS) is 11.3. The van der Waals surface area contributed by atoms with Gasteiger partial charge < -0.3 is 5.11 Å². The Hall–Kier alpha value is -2.88. The van der Waals surface area contributed by atoms with Crippen molar-refractivity contribution in [2.75, 3.05) is 0 Å². The second-order valence-corrected chi connectivity index (χ2v) is 5.10. The van der Waals surface area contributed by atoms with Gasteiger partial charge in [0, 0.05) is 22.0 Å². The number of aromatic hydroxyl groups is 1. The molecule has 2 heterocycles. The maximum atomic E-state index is 9.45. The van der Waals surface area contributed by atoms with Crippen molar-refractivity contribution >= 4 is 21.8 Å². The van der Waals surface area contributed by atoms with E-state index >= 15 is 0 Å². The largest absolute Gasteiger partial charge is 0.508 e. The van der Waals surface area contributed by atoms with Crippen LogP contribution in [0.25, 0.3) is 33.1 Å². The van der Waals surface area contributed by atoms with Crippen LogP contribution >= 0.6 is 0 Å². The number of nitrogens with zero attached hydrogens (tertiary/aromatic N) is 2. The molecule has 4 nitrogen and oxygen atoms in total. The fourth-order valence-electron chi connectivity index (χ4n) is 2.73. The molecule has 0 aliphatic carbocycles. The summed E-state index contributed by atoms with van der Waals surface area (Å²) in [5, 5.41) is 20.0. The average molecular weight is 275 g/mol. The predicted octanol–water partition coefficient (Wildman–Crippen LogP) is 3.79. The minimum absolute atomic E-state index is 0.250. The average Bonchev–Trinajstić information content (AvgIpc) is 2.89. The Morgan fingerprint density at radius 2 is 1.67 bits per heavy atom. The minimum atomic E-state index is 0.250. The number of aryl methyl sites for hydroxylation is 1. The summed E-state index contributed by atoms with van der Waals surface area (Å²) in [6.07, 6.45) is 0. The first-order chi connectivity index (χ1) is 10.2. The molecule has 4 rings (SSSR count). The van der Waals surface area contributed by atoms with Gasteiger partial charge in [-0.2, -0.15) is 5.10 Å². The molecule has 102 valence electrons. The van der Waals surface area contributed by atoms with E-state index in [4.69, 9.17) is 4.98 Å². The van der Waals surface area contributed by atoms with Gasteiger partial charge in [-0.05, 0) is 36.6 Å². The van der Waals surface area contributed by atoms with E-state index in [1.807, 2.05) is 31.2 Å². The predicted molar refractivity (Wildman–Crippen MR) is 83.2 cm³/mol. The summed E-state index contributed by atoms with van der Waals surface area (Å²) < 4.78 is 0. The number of rotatable bonds is 1. The van der Waals surface area contributed by atoms with Crippen LogP contribution in [0.15, 0.2) is 48.5 Å². The number of H-pyrrole nitrogens is 1. The van der Waals surface area contributed by atoms with E-state index in [0.29, 0.717) is 5.65 Å². The molecule has 0 saturated carbocycles. The van der Waals surface area contributed by atoms with Crippen molar-refractivity contribution in [3.8, 4) is 17.0 Å². The van der Waals surface area contributed by atoms with Crippen LogP contribution in [-0.2, 0) is 0 Å². The highest BCUT2D eigenvalue weighted by atomic mass is 16.3. The first kappa shape index (κ1) is 11.9. The summed E-state index contributed by atoms with van der Waals surface area (Å²) in [5.74, 6) is 0.250. The van der Waals surface area contributed by atoms with Gasteiger partial charge in [-0.3, -0.25) is 5.10 Å². The van der Waals surface area contributed by atoms with Crippen molar-refractivity contribution < 1.29 is 5.11 Å². The second kappa shape index (κ2) is 4.31. The first-order valence-electron chi connectivity index (χ1n) is 6.77.